The monoisotopic (exact) mass is 239 g/mol. The van der Waals surface area contributed by atoms with E-state index in [1.165, 1.54) is 18.2 Å². The zero-order valence-corrected chi connectivity index (χ0v) is 8.94. The molecule has 0 heterocycles. The molecule has 0 saturated carbocycles. The van der Waals surface area contributed by atoms with Crippen LogP contribution < -0.4 is 5.32 Å². The fourth-order valence-electron chi connectivity index (χ4n) is 1.06. The summed E-state index contributed by atoms with van der Waals surface area (Å²) < 4.78 is 17.7. The quantitative estimate of drug-likeness (QED) is 0.792. The third kappa shape index (κ3) is 3.94. The van der Waals surface area contributed by atoms with E-state index in [9.17, 15) is 14.0 Å². The van der Waals surface area contributed by atoms with Crippen molar-refractivity contribution in [1.29, 1.82) is 0 Å². The number of anilines is 1. The van der Waals surface area contributed by atoms with E-state index in [0.717, 1.165) is 19.3 Å². The van der Waals surface area contributed by atoms with Crippen molar-refractivity contribution < 1.29 is 23.8 Å². The first-order valence-corrected chi connectivity index (χ1v) is 4.58. The maximum absolute atomic E-state index is 13.4. The molecule has 0 bridgehead atoms. The third-order valence-electron chi connectivity index (χ3n) is 1.83. The number of benzene rings is 1. The molecule has 0 aliphatic rings. The number of ether oxygens (including phenoxy) is 1. The van der Waals surface area contributed by atoms with E-state index in [4.69, 9.17) is 5.11 Å². The molecule has 0 fully saturated rings. The number of carbonyl (C=O) groups is 2. The number of rotatable bonds is 3. The van der Waals surface area contributed by atoms with Crippen LogP contribution in [0.2, 0.25) is 0 Å². The van der Waals surface area contributed by atoms with E-state index in [1.807, 2.05) is 0 Å². The molecule has 1 aromatic rings. The van der Waals surface area contributed by atoms with Gasteiger partial charge >= 0.3 is 12.1 Å². The molecule has 6 heteroatoms. The van der Waals surface area contributed by atoms with Crippen molar-refractivity contribution >= 4 is 23.8 Å². The van der Waals surface area contributed by atoms with Crippen molar-refractivity contribution in [3.63, 3.8) is 0 Å². The Kier molecular flexibility index (Phi) is 4.21. The number of nitrogens with one attached hydrogen (secondary N) is 1. The molecule has 1 aromatic carbocycles. The number of carboxylic acid groups (broad SMARTS) is 1. The van der Waals surface area contributed by atoms with Gasteiger partial charge in [0, 0.05) is 6.08 Å². The Labute approximate surface area is 96.5 Å². The first-order chi connectivity index (χ1) is 8.02. The van der Waals surface area contributed by atoms with Crippen LogP contribution in [0.25, 0.3) is 6.08 Å². The largest absolute Gasteiger partial charge is 0.478 e. The van der Waals surface area contributed by atoms with Gasteiger partial charge in [-0.25, -0.2) is 14.0 Å². The van der Waals surface area contributed by atoms with Gasteiger partial charge in [0.25, 0.3) is 0 Å². The summed E-state index contributed by atoms with van der Waals surface area (Å²) in [5.74, 6) is -1.80. The third-order valence-corrected chi connectivity index (χ3v) is 1.83. The maximum Gasteiger partial charge on any atom is 0.411 e. The van der Waals surface area contributed by atoms with Gasteiger partial charge in [0.2, 0.25) is 0 Å². The van der Waals surface area contributed by atoms with E-state index < -0.39 is 17.9 Å². The van der Waals surface area contributed by atoms with Crippen molar-refractivity contribution in [1.82, 2.24) is 0 Å². The average Bonchev–Trinajstić information content (AvgIpc) is 2.29. The molecule has 0 atom stereocenters. The van der Waals surface area contributed by atoms with E-state index in [2.05, 4.69) is 10.1 Å². The topological polar surface area (TPSA) is 75.6 Å². The number of hydrogen-bond acceptors (Lipinski definition) is 3. The van der Waals surface area contributed by atoms with Crippen LogP contribution in [0, 0.1) is 5.82 Å². The smallest absolute Gasteiger partial charge is 0.411 e. The Balaban J connectivity index is 2.86. The zero-order valence-electron chi connectivity index (χ0n) is 8.94. The van der Waals surface area contributed by atoms with Crippen molar-refractivity contribution in [2.75, 3.05) is 12.4 Å². The van der Waals surface area contributed by atoms with Crippen LogP contribution in [0.4, 0.5) is 14.9 Å². The summed E-state index contributed by atoms with van der Waals surface area (Å²) in [6.45, 7) is 0. The highest BCUT2D eigenvalue weighted by atomic mass is 19.1. The Hall–Kier alpha value is -2.37. The predicted octanol–water partition coefficient (Wildman–Crippen LogP) is 2.10. The lowest BCUT2D eigenvalue weighted by Gasteiger charge is -2.05. The molecule has 0 aromatic heterocycles. The normalized spacial score (nSPS) is 10.2. The highest BCUT2D eigenvalue weighted by Gasteiger charge is 2.06. The summed E-state index contributed by atoms with van der Waals surface area (Å²) >= 11 is 0. The molecule has 0 spiro atoms. The highest BCUT2D eigenvalue weighted by molar-refractivity contribution is 5.86. The summed E-state index contributed by atoms with van der Waals surface area (Å²) in [5.41, 5.74) is 0.338. The number of amides is 1. The average molecular weight is 239 g/mol. The van der Waals surface area contributed by atoms with Crippen LogP contribution in [0.15, 0.2) is 24.3 Å². The van der Waals surface area contributed by atoms with Gasteiger partial charge in [0.1, 0.15) is 5.82 Å². The van der Waals surface area contributed by atoms with Crippen LogP contribution in [-0.2, 0) is 9.53 Å². The first kappa shape index (κ1) is 12.7. The minimum absolute atomic E-state index is 0.0377. The molecule has 17 heavy (non-hydrogen) atoms. The Morgan fingerprint density at radius 1 is 1.47 bits per heavy atom. The molecule has 0 aliphatic heterocycles. The van der Waals surface area contributed by atoms with Crippen molar-refractivity contribution in [2.45, 2.75) is 0 Å². The number of hydrogen-bond donors (Lipinski definition) is 2. The van der Waals surface area contributed by atoms with Gasteiger partial charge in [-0.3, -0.25) is 5.32 Å². The Bertz CT molecular complexity index is 471. The summed E-state index contributed by atoms with van der Waals surface area (Å²) in [6.07, 6.45) is 1.35. The standard InChI is InChI=1S/C11H10FNO4/c1-17-11(16)13-9-4-2-7(6-8(9)12)3-5-10(14)15/h2-6H,1H3,(H,13,16)(H,14,15). The second kappa shape index (κ2) is 5.64. The number of carboxylic acids is 1. The molecular weight excluding hydrogens is 229 g/mol. The number of halogens is 1. The summed E-state index contributed by atoms with van der Waals surface area (Å²) in [5, 5.41) is 10.6. The molecule has 1 rings (SSSR count). The van der Waals surface area contributed by atoms with Crippen molar-refractivity contribution in [3.05, 3.63) is 35.7 Å². The van der Waals surface area contributed by atoms with Crippen LogP contribution in [0.3, 0.4) is 0 Å². The number of aliphatic carboxylic acids is 1. The predicted molar refractivity (Wildman–Crippen MR) is 59.1 cm³/mol. The number of methoxy groups -OCH3 is 1. The maximum atomic E-state index is 13.4. The molecule has 5 nitrogen and oxygen atoms in total. The molecule has 0 saturated heterocycles. The summed E-state index contributed by atoms with van der Waals surface area (Å²) in [7, 11) is 1.16. The van der Waals surface area contributed by atoms with Gasteiger partial charge in [-0.15, -0.1) is 0 Å². The lowest BCUT2D eigenvalue weighted by atomic mass is 10.2. The SMILES string of the molecule is COC(=O)Nc1ccc(C=CC(=O)O)cc1F. The van der Waals surface area contributed by atoms with E-state index in [0.29, 0.717) is 5.56 Å². The Morgan fingerprint density at radius 2 is 2.18 bits per heavy atom. The molecule has 0 aliphatic carbocycles. The molecule has 0 radical (unpaired) electrons. The molecule has 1 amide bonds. The van der Waals surface area contributed by atoms with Crippen LogP contribution in [-0.4, -0.2) is 24.3 Å². The first-order valence-electron chi connectivity index (χ1n) is 4.58. The van der Waals surface area contributed by atoms with Crippen molar-refractivity contribution in [3.8, 4) is 0 Å². The second-order valence-corrected chi connectivity index (χ2v) is 3.03. The van der Waals surface area contributed by atoms with Gasteiger partial charge in [0.05, 0.1) is 12.8 Å². The minimum atomic E-state index is -1.12. The lowest BCUT2D eigenvalue weighted by molar-refractivity contribution is -0.131. The van der Waals surface area contributed by atoms with Gasteiger partial charge < -0.3 is 9.84 Å². The molecule has 90 valence electrons. The van der Waals surface area contributed by atoms with Crippen LogP contribution >= 0.6 is 0 Å². The lowest BCUT2D eigenvalue weighted by Crippen LogP contribution is -2.12. The van der Waals surface area contributed by atoms with E-state index >= 15 is 0 Å². The van der Waals surface area contributed by atoms with Gasteiger partial charge in [-0.05, 0) is 23.8 Å². The van der Waals surface area contributed by atoms with Crippen LogP contribution in [0.5, 0.6) is 0 Å². The number of carbonyl (C=O) groups excluding carboxylic acids is 1. The van der Waals surface area contributed by atoms with Crippen molar-refractivity contribution in [2.24, 2.45) is 0 Å². The fourth-order valence-corrected chi connectivity index (χ4v) is 1.06. The van der Waals surface area contributed by atoms with Gasteiger partial charge in [0.15, 0.2) is 0 Å². The minimum Gasteiger partial charge on any atom is -0.478 e. The van der Waals surface area contributed by atoms with E-state index in [-0.39, 0.29) is 5.69 Å². The van der Waals surface area contributed by atoms with Gasteiger partial charge in [-0.1, -0.05) is 6.07 Å². The molecular formula is C11H10FNO4. The summed E-state index contributed by atoms with van der Waals surface area (Å²) in [4.78, 5) is 21.1. The highest BCUT2D eigenvalue weighted by Crippen LogP contribution is 2.16. The van der Waals surface area contributed by atoms with Crippen LogP contribution in [0.1, 0.15) is 5.56 Å². The summed E-state index contributed by atoms with van der Waals surface area (Å²) in [6, 6.07) is 3.88. The molecule has 0 unspecified atom stereocenters. The van der Waals surface area contributed by atoms with Gasteiger partial charge in [-0.2, -0.15) is 0 Å². The van der Waals surface area contributed by atoms with E-state index in [1.54, 1.807) is 0 Å². The zero-order chi connectivity index (χ0) is 12.8. The Morgan fingerprint density at radius 3 is 2.71 bits per heavy atom. The fraction of sp³-hybridized carbons (Fsp3) is 0.0909. The second-order valence-electron chi connectivity index (χ2n) is 3.03. The molecule has 2 N–H and O–H groups in total.